The molecule has 0 atom stereocenters. The van der Waals surface area contributed by atoms with Crippen LogP contribution in [0, 0.1) is 5.92 Å². The van der Waals surface area contributed by atoms with Crippen LogP contribution in [0.2, 0.25) is 0 Å². The fourth-order valence-corrected chi connectivity index (χ4v) is 5.56. The molecule has 0 aliphatic rings. The van der Waals surface area contributed by atoms with Crippen LogP contribution in [-0.4, -0.2) is 18.1 Å². The van der Waals surface area contributed by atoms with E-state index < -0.39 is 0 Å². The molecule has 0 N–H and O–H groups in total. The standard InChI is InChI=1S/C26H30N6S2/c1-5-32(6-2)22-14-12-21(13-15-22)29-28-19-8-10-20(11-9-19)30-31-26-27-25-24(34-26)17-23(33-25)16-7-18(3)4/h8-15,17-18H,5-7,16H2,1-4H3/b29-28+,31-30+. The summed E-state index contributed by atoms with van der Waals surface area (Å²) in [6.45, 7) is 10.8. The third-order valence-electron chi connectivity index (χ3n) is 5.46. The smallest absolute Gasteiger partial charge is 0.231 e. The van der Waals surface area contributed by atoms with Gasteiger partial charge in [-0.2, -0.15) is 10.2 Å². The Morgan fingerprint density at radius 1 is 0.794 bits per heavy atom. The lowest BCUT2D eigenvalue weighted by molar-refractivity contribution is 0.590. The fraction of sp³-hybridized carbons (Fsp3) is 0.346. The van der Waals surface area contributed by atoms with Crippen LogP contribution in [0.4, 0.5) is 27.9 Å². The lowest BCUT2D eigenvalue weighted by Gasteiger charge is -2.20. The van der Waals surface area contributed by atoms with Crippen molar-refractivity contribution in [2.75, 3.05) is 18.0 Å². The Hall–Kier alpha value is -2.97. The first-order valence-corrected chi connectivity index (χ1v) is 13.3. The molecule has 176 valence electrons. The zero-order valence-electron chi connectivity index (χ0n) is 20.1. The number of rotatable bonds is 10. The third kappa shape index (κ3) is 6.33. The summed E-state index contributed by atoms with van der Waals surface area (Å²) in [6.07, 6.45) is 2.33. The summed E-state index contributed by atoms with van der Waals surface area (Å²) in [6, 6.07) is 18.0. The molecule has 34 heavy (non-hydrogen) atoms. The van der Waals surface area contributed by atoms with Gasteiger partial charge in [0, 0.05) is 23.7 Å². The first-order valence-electron chi connectivity index (χ1n) is 11.7. The molecule has 0 radical (unpaired) electrons. The van der Waals surface area contributed by atoms with E-state index in [0.29, 0.717) is 5.13 Å². The highest BCUT2D eigenvalue weighted by molar-refractivity contribution is 7.28. The first-order chi connectivity index (χ1) is 16.5. The summed E-state index contributed by atoms with van der Waals surface area (Å²) in [7, 11) is 0. The molecule has 2 heterocycles. The average Bonchev–Trinajstić information content (AvgIpc) is 3.41. The zero-order valence-corrected chi connectivity index (χ0v) is 21.7. The van der Waals surface area contributed by atoms with E-state index in [-0.39, 0.29) is 0 Å². The topological polar surface area (TPSA) is 65.6 Å². The molecule has 0 aliphatic carbocycles. The van der Waals surface area contributed by atoms with Gasteiger partial charge in [0.2, 0.25) is 5.13 Å². The van der Waals surface area contributed by atoms with Crippen molar-refractivity contribution in [2.45, 2.75) is 40.5 Å². The van der Waals surface area contributed by atoms with Crippen LogP contribution in [0.15, 0.2) is 75.1 Å². The molecule has 0 spiro atoms. The highest BCUT2D eigenvalue weighted by Gasteiger charge is 2.09. The number of hydrogen-bond donors (Lipinski definition) is 0. The Morgan fingerprint density at radius 3 is 1.88 bits per heavy atom. The van der Waals surface area contributed by atoms with Gasteiger partial charge in [-0.25, -0.2) is 4.98 Å². The van der Waals surface area contributed by atoms with E-state index in [2.05, 4.69) is 76.2 Å². The van der Waals surface area contributed by atoms with Gasteiger partial charge in [-0.15, -0.1) is 21.6 Å². The number of nitrogens with zero attached hydrogens (tertiary/aromatic N) is 6. The number of azo groups is 2. The summed E-state index contributed by atoms with van der Waals surface area (Å²) in [5, 5.41) is 18.0. The number of thiazole rings is 1. The lowest BCUT2D eigenvalue weighted by Crippen LogP contribution is -2.21. The van der Waals surface area contributed by atoms with Crippen molar-refractivity contribution in [1.29, 1.82) is 0 Å². The van der Waals surface area contributed by atoms with Crippen molar-refractivity contribution < 1.29 is 0 Å². The second kappa shape index (κ2) is 11.4. The highest BCUT2D eigenvalue weighted by Crippen LogP contribution is 2.35. The predicted octanol–water partition coefficient (Wildman–Crippen LogP) is 9.62. The molecule has 0 aliphatic heterocycles. The van der Waals surface area contributed by atoms with Gasteiger partial charge in [-0.1, -0.05) is 25.2 Å². The Kier molecular flexibility index (Phi) is 8.13. The molecule has 8 heteroatoms. The summed E-state index contributed by atoms with van der Waals surface area (Å²) < 4.78 is 1.19. The van der Waals surface area contributed by atoms with Gasteiger partial charge in [0.25, 0.3) is 0 Å². The fourth-order valence-electron chi connectivity index (χ4n) is 3.49. The van der Waals surface area contributed by atoms with E-state index in [4.69, 9.17) is 0 Å². The Balaban J connectivity index is 1.35. The van der Waals surface area contributed by atoms with E-state index in [1.807, 2.05) is 36.4 Å². The van der Waals surface area contributed by atoms with Crippen LogP contribution in [0.1, 0.15) is 39.0 Å². The van der Waals surface area contributed by atoms with Gasteiger partial charge in [0.1, 0.15) is 4.83 Å². The third-order valence-corrected chi connectivity index (χ3v) is 7.56. The summed E-state index contributed by atoms with van der Waals surface area (Å²) >= 11 is 3.35. The van der Waals surface area contributed by atoms with Crippen molar-refractivity contribution in [1.82, 2.24) is 4.98 Å². The van der Waals surface area contributed by atoms with Gasteiger partial charge in [-0.3, -0.25) is 0 Å². The normalized spacial score (nSPS) is 12.0. The number of aryl methyl sites for hydroxylation is 1. The lowest BCUT2D eigenvalue weighted by atomic mass is 10.1. The van der Waals surface area contributed by atoms with Gasteiger partial charge >= 0.3 is 0 Å². The van der Waals surface area contributed by atoms with Crippen LogP contribution in [0.5, 0.6) is 0 Å². The molecular formula is C26H30N6S2. The summed E-state index contributed by atoms with van der Waals surface area (Å²) in [5.41, 5.74) is 3.57. The van der Waals surface area contributed by atoms with E-state index in [1.165, 1.54) is 21.7 Å². The first kappa shape index (κ1) is 24.2. The molecule has 0 bridgehead atoms. The SMILES string of the molecule is CCN(CC)c1ccc(/N=N/c2ccc(/N=N/c3nc4sc(CCC(C)C)cc4s3)cc2)cc1. The number of thiophene rings is 1. The number of anilines is 1. The van der Waals surface area contributed by atoms with Crippen molar-refractivity contribution in [2.24, 2.45) is 26.4 Å². The van der Waals surface area contributed by atoms with Crippen molar-refractivity contribution in [3.63, 3.8) is 0 Å². The van der Waals surface area contributed by atoms with Crippen LogP contribution in [0.3, 0.4) is 0 Å². The molecule has 2 aromatic heterocycles. The molecule has 0 saturated heterocycles. The second-order valence-electron chi connectivity index (χ2n) is 8.42. The van der Waals surface area contributed by atoms with Crippen LogP contribution >= 0.6 is 22.7 Å². The molecular weight excluding hydrogens is 460 g/mol. The Labute approximate surface area is 209 Å². The second-order valence-corrected chi connectivity index (χ2v) is 10.5. The number of benzene rings is 2. The van der Waals surface area contributed by atoms with E-state index >= 15 is 0 Å². The van der Waals surface area contributed by atoms with Crippen molar-refractivity contribution >= 4 is 60.1 Å². The molecule has 0 unspecified atom stereocenters. The van der Waals surface area contributed by atoms with Gasteiger partial charge in [0.05, 0.1) is 21.8 Å². The maximum absolute atomic E-state index is 4.62. The van der Waals surface area contributed by atoms with Crippen molar-refractivity contribution in [3.05, 3.63) is 59.5 Å². The maximum Gasteiger partial charge on any atom is 0.231 e. The minimum Gasteiger partial charge on any atom is -0.372 e. The zero-order chi connectivity index (χ0) is 23.9. The summed E-state index contributed by atoms with van der Waals surface area (Å²) in [4.78, 5) is 9.38. The number of hydrogen-bond acceptors (Lipinski definition) is 8. The van der Waals surface area contributed by atoms with Gasteiger partial charge < -0.3 is 4.90 Å². The minimum atomic E-state index is 0.689. The number of aromatic nitrogens is 1. The van der Waals surface area contributed by atoms with Crippen LogP contribution in [-0.2, 0) is 6.42 Å². The van der Waals surface area contributed by atoms with E-state index in [0.717, 1.165) is 47.3 Å². The predicted molar refractivity (Wildman–Crippen MR) is 145 cm³/mol. The molecule has 0 saturated carbocycles. The summed E-state index contributed by atoms with van der Waals surface area (Å²) in [5.74, 6) is 0.717. The van der Waals surface area contributed by atoms with Crippen LogP contribution in [0.25, 0.3) is 9.53 Å². The quantitative estimate of drug-likeness (QED) is 0.208. The van der Waals surface area contributed by atoms with Gasteiger partial charge in [-0.05, 0) is 87.2 Å². The Morgan fingerprint density at radius 2 is 1.35 bits per heavy atom. The molecule has 0 fully saturated rings. The molecule has 0 amide bonds. The number of fused-ring (bicyclic) bond motifs is 1. The van der Waals surface area contributed by atoms with E-state index in [9.17, 15) is 0 Å². The molecule has 2 aromatic carbocycles. The largest absolute Gasteiger partial charge is 0.372 e. The molecule has 4 aromatic rings. The molecule has 6 nitrogen and oxygen atoms in total. The monoisotopic (exact) mass is 490 g/mol. The highest BCUT2D eigenvalue weighted by atomic mass is 32.1. The van der Waals surface area contributed by atoms with Gasteiger partial charge in [0.15, 0.2) is 0 Å². The van der Waals surface area contributed by atoms with E-state index in [1.54, 1.807) is 22.7 Å². The minimum absolute atomic E-state index is 0.689. The van der Waals surface area contributed by atoms with Crippen molar-refractivity contribution in [3.8, 4) is 0 Å². The average molecular weight is 491 g/mol. The molecule has 4 rings (SSSR count). The Bertz CT molecular complexity index is 1220. The van der Waals surface area contributed by atoms with Crippen LogP contribution < -0.4 is 4.90 Å². The maximum atomic E-state index is 4.62.